The van der Waals surface area contributed by atoms with Crippen LogP contribution in [0.5, 0.6) is 0 Å². The first kappa shape index (κ1) is 15.8. The molecule has 0 aromatic rings. The number of rotatable bonds is 3. The van der Waals surface area contributed by atoms with Crippen LogP contribution in [0, 0.1) is 5.92 Å². The molecule has 0 aliphatic carbocycles. The van der Waals surface area contributed by atoms with E-state index in [4.69, 9.17) is 14.3 Å². The number of oxime groups is 1. The molecule has 110 valence electrons. The molecule has 0 aromatic carbocycles. The zero-order valence-electron chi connectivity index (χ0n) is 12.4. The quantitative estimate of drug-likeness (QED) is 0.736. The van der Waals surface area contributed by atoms with Crippen molar-refractivity contribution in [3.8, 4) is 0 Å². The highest BCUT2D eigenvalue weighted by Gasteiger charge is 2.31. The molecule has 1 fully saturated rings. The molecule has 0 spiro atoms. The van der Waals surface area contributed by atoms with Crippen LogP contribution in [0.4, 0.5) is 4.79 Å². The van der Waals surface area contributed by atoms with E-state index in [1.165, 1.54) is 7.11 Å². The Morgan fingerprint density at radius 2 is 2.11 bits per heavy atom. The van der Waals surface area contributed by atoms with Gasteiger partial charge >= 0.3 is 6.09 Å². The fourth-order valence-electron chi connectivity index (χ4n) is 2.00. The average Bonchev–Trinajstić information content (AvgIpc) is 2.29. The summed E-state index contributed by atoms with van der Waals surface area (Å²) >= 11 is 0. The van der Waals surface area contributed by atoms with Crippen LogP contribution in [-0.4, -0.2) is 56.2 Å². The Morgan fingerprint density at radius 1 is 1.42 bits per heavy atom. The van der Waals surface area contributed by atoms with Gasteiger partial charge in [0.1, 0.15) is 12.7 Å². The van der Waals surface area contributed by atoms with E-state index < -0.39 is 5.60 Å². The summed E-state index contributed by atoms with van der Waals surface area (Å²) in [5, 5.41) is 4.01. The molecule has 0 bridgehead atoms. The van der Waals surface area contributed by atoms with Crippen LogP contribution in [0.2, 0.25) is 0 Å². The summed E-state index contributed by atoms with van der Waals surface area (Å²) in [6.07, 6.45) is 0.395. The zero-order valence-corrected chi connectivity index (χ0v) is 12.4. The van der Waals surface area contributed by atoms with Crippen molar-refractivity contribution in [1.82, 2.24) is 4.90 Å². The summed E-state index contributed by atoms with van der Waals surface area (Å²) in [7, 11) is 3.16. The van der Waals surface area contributed by atoms with E-state index in [1.807, 2.05) is 20.8 Å². The number of nitrogens with zero attached hydrogens (tertiary/aromatic N) is 2. The van der Waals surface area contributed by atoms with Crippen LogP contribution in [0.1, 0.15) is 27.2 Å². The Labute approximate surface area is 114 Å². The van der Waals surface area contributed by atoms with Crippen LogP contribution in [0.25, 0.3) is 0 Å². The maximum Gasteiger partial charge on any atom is 0.410 e. The van der Waals surface area contributed by atoms with E-state index in [1.54, 1.807) is 12.0 Å². The van der Waals surface area contributed by atoms with Gasteiger partial charge in [-0.05, 0) is 20.8 Å². The van der Waals surface area contributed by atoms with E-state index in [0.717, 1.165) is 5.71 Å². The molecule has 1 aliphatic heterocycles. The molecular formula is C13H24N2O4. The topological polar surface area (TPSA) is 60.4 Å². The van der Waals surface area contributed by atoms with E-state index in [9.17, 15) is 4.79 Å². The fourth-order valence-corrected chi connectivity index (χ4v) is 2.00. The van der Waals surface area contributed by atoms with Crippen LogP contribution in [-0.2, 0) is 14.3 Å². The van der Waals surface area contributed by atoms with Gasteiger partial charge in [0.05, 0.1) is 12.3 Å². The summed E-state index contributed by atoms with van der Waals surface area (Å²) < 4.78 is 10.5. The summed E-state index contributed by atoms with van der Waals surface area (Å²) in [6, 6.07) is 0. The monoisotopic (exact) mass is 272 g/mol. The number of hydrogen-bond acceptors (Lipinski definition) is 5. The Hall–Kier alpha value is -1.30. The summed E-state index contributed by atoms with van der Waals surface area (Å²) in [5.41, 5.74) is 0.457. The molecule has 6 nitrogen and oxygen atoms in total. The first-order chi connectivity index (χ1) is 8.87. The van der Waals surface area contributed by atoms with Gasteiger partial charge in [0.2, 0.25) is 0 Å². The summed E-state index contributed by atoms with van der Waals surface area (Å²) in [4.78, 5) is 18.5. The van der Waals surface area contributed by atoms with Crippen molar-refractivity contribution in [2.24, 2.45) is 11.1 Å². The molecular weight excluding hydrogens is 248 g/mol. The number of carbonyl (C=O) groups excluding carboxylic acids is 1. The normalized spacial score (nSPS) is 22.5. The number of methoxy groups -OCH3 is 1. The number of amides is 1. The van der Waals surface area contributed by atoms with Gasteiger partial charge in [0, 0.05) is 32.5 Å². The second-order valence-corrected chi connectivity index (χ2v) is 5.59. The van der Waals surface area contributed by atoms with Crippen LogP contribution in [0.15, 0.2) is 5.16 Å². The largest absolute Gasteiger partial charge is 0.444 e. The SMILES string of the molecule is COCC1CN(C(=O)OC(C)(C)C)CC/C1=N\OC. The van der Waals surface area contributed by atoms with Crippen molar-refractivity contribution in [2.75, 3.05) is 33.9 Å². The highest BCUT2D eigenvalue weighted by Crippen LogP contribution is 2.18. The van der Waals surface area contributed by atoms with Crippen molar-refractivity contribution in [2.45, 2.75) is 32.8 Å². The van der Waals surface area contributed by atoms with E-state index in [-0.39, 0.29) is 12.0 Å². The molecule has 0 saturated carbocycles. The van der Waals surface area contributed by atoms with Gasteiger partial charge in [-0.2, -0.15) is 0 Å². The zero-order chi connectivity index (χ0) is 14.5. The first-order valence-electron chi connectivity index (χ1n) is 6.44. The molecule has 1 atom stereocenters. The number of ether oxygens (including phenoxy) is 2. The number of hydrogen-bond donors (Lipinski definition) is 0. The van der Waals surface area contributed by atoms with Crippen LogP contribution < -0.4 is 0 Å². The van der Waals surface area contributed by atoms with Crippen molar-refractivity contribution in [3.05, 3.63) is 0 Å². The molecule has 0 aromatic heterocycles. The third-order valence-electron chi connectivity index (χ3n) is 2.78. The Kier molecular flexibility index (Phi) is 5.60. The Morgan fingerprint density at radius 3 is 2.63 bits per heavy atom. The minimum absolute atomic E-state index is 0.0613. The summed E-state index contributed by atoms with van der Waals surface area (Å²) in [5.74, 6) is 0.0613. The lowest BCUT2D eigenvalue weighted by atomic mass is 9.97. The van der Waals surface area contributed by atoms with Crippen molar-refractivity contribution in [1.29, 1.82) is 0 Å². The summed E-state index contributed by atoms with van der Waals surface area (Å²) in [6.45, 7) is 7.24. The minimum atomic E-state index is -0.477. The lowest BCUT2D eigenvalue weighted by Crippen LogP contribution is -2.47. The highest BCUT2D eigenvalue weighted by atomic mass is 16.6. The first-order valence-corrected chi connectivity index (χ1v) is 6.44. The molecule has 1 rings (SSSR count). The number of carbonyl (C=O) groups is 1. The van der Waals surface area contributed by atoms with E-state index in [2.05, 4.69) is 5.16 Å². The van der Waals surface area contributed by atoms with Crippen molar-refractivity contribution < 1.29 is 19.1 Å². The lowest BCUT2D eigenvalue weighted by Gasteiger charge is -2.34. The Balaban J connectivity index is 2.65. The van der Waals surface area contributed by atoms with Gasteiger partial charge < -0.3 is 19.2 Å². The maximum atomic E-state index is 12.0. The number of likely N-dealkylation sites (tertiary alicyclic amines) is 1. The highest BCUT2D eigenvalue weighted by molar-refractivity contribution is 5.88. The van der Waals surface area contributed by atoms with Gasteiger partial charge in [-0.1, -0.05) is 5.16 Å². The average molecular weight is 272 g/mol. The third kappa shape index (κ3) is 5.06. The van der Waals surface area contributed by atoms with Gasteiger partial charge in [0.15, 0.2) is 0 Å². The molecule has 6 heteroatoms. The van der Waals surface area contributed by atoms with Crippen LogP contribution >= 0.6 is 0 Å². The molecule has 1 saturated heterocycles. The van der Waals surface area contributed by atoms with E-state index in [0.29, 0.717) is 26.1 Å². The lowest BCUT2D eigenvalue weighted by molar-refractivity contribution is 0.0194. The standard InChI is InChI=1S/C13H24N2O4/c1-13(2,3)19-12(16)15-7-6-11(14-18-5)10(8-15)9-17-4/h10H,6-9H2,1-5H3/b14-11+. The van der Waals surface area contributed by atoms with Crippen molar-refractivity contribution >= 4 is 11.8 Å². The van der Waals surface area contributed by atoms with Gasteiger partial charge in [0.25, 0.3) is 0 Å². The molecule has 1 amide bonds. The second-order valence-electron chi connectivity index (χ2n) is 5.59. The van der Waals surface area contributed by atoms with Gasteiger partial charge in [-0.25, -0.2) is 4.79 Å². The predicted octanol–water partition coefficient (Wildman–Crippen LogP) is 1.89. The fraction of sp³-hybridized carbons (Fsp3) is 0.846. The smallest absolute Gasteiger partial charge is 0.410 e. The van der Waals surface area contributed by atoms with Crippen LogP contribution in [0.3, 0.4) is 0 Å². The molecule has 1 unspecified atom stereocenters. The van der Waals surface area contributed by atoms with Gasteiger partial charge in [-0.15, -0.1) is 0 Å². The van der Waals surface area contributed by atoms with E-state index >= 15 is 0 Å². The molecule has 1 heterocycles. The third-order valence-corrected chi connectivity index (χ3v) is 2.78. The number of piperidine rings is 1. The molecule has 0 radical (unpaired) electrons. The maximum absolute atomic E-state index is 12.0. The van der Waals surface area contributed by atoms with Gasteiger partial charge in [-0.3, -0.25) is 0 Å². The molecule has 19 heavy (non-hydrogen) atoms. The Bertz CT molecular complexity index is 336. The minimum Gasteiger partial charge on any atom is -0.444 e. The second kappa shape index (κ2) is 6.75. The molecule has 1 aliphatic rings. The van der Waals surface area contributed by atoms with Crippen molar-refractivity contribution in [3.63, 3.8) is 0 Å². The molecule has 0 N–H and O–H groups in total. The predicted molar refractivity (Wildman–Crippen MR) is 72.2 cm³/mol.